The Kier molecular flexibility index (Phi) is 2.28. The van der Waals surface area contributed by atoms with Gasteiger partial charge in [-0.15, -0.1) is 0 Å². The molecule has 0 unspecified atom stereocenters. The quantitative estimate of drug-likeness (QED) is 0.637. The summed E-state index contributed by atoms with van der Waals surface area (Å²) in [5, 5.41) is 0. The standard InChI is InChI=1S/C8H9.Hg/c1-7-4-3-5-8(2)6-7;/h3-4,6H,1-2H3;/q;+1. The Hall–Kier alpha value is 0.155. The molecule has 0 N–H and O–H groups in total. The predicted octanol–water partition coefficient (Wildman–Crippen LogP) is 1.48. The van der Waals surface area contributed by atoms with E-state index in [9.17, 15) is 0 Å². The summed E-state index contributed by atoms with van der Waals surface area (Å²) in [6, 6.07) is 6.69. The second-order valence-electron chi connectivity index (χ2n) is 2.43. The van der Waals surface area contributed by atoms with E-state index in [4.69, 9.17) is 0 Å². The van der Waals surface area contributed by atoms with Crippen LogP contribution in [0.1, 0.15) is 11.1 Å². The summed E-state index contributed by atoms with van der Waals surface area (Å²) >= 11 is 0.790. The Labute approximate surface area is 72.3 Å². The molecule has 1 rings (SSSR count). The summed E-state index contributed by atoms with van der Waals surface area (Å²) in [5.41, 5.74) is 2.85. The third kappa shape index (κ3) is 1.79. The van der Waals surface area contributed by atoms with Gasteiger partial charge in [-0.3, -0.25) is 0 Å². The molecule has 1 heteroatoms. The van der Waals surface area contributed by atoms with Crippen molar-refractivity contribution < 1.29 is 26.1 Å². The van der Waals surface area contributed by atoms with Crippen molar-refractivity contribution >= 4 is 3.07 Å². The van der Waals surface area contributed by atoms with E-state index in [0.29, 0.717) is 0 Å². The van der Waals surface area contributed by atoms with E-state index >= 15 is 0 Å². The molecule has 1 aromatic rings. The molecule has 42 valence electrons. The molecule has 0 saturated carbocycles. The van der Waals surface area contributed by atoms with Crippen LogP contribution in [0.4, 0.5) is 0 Å². The van der Waals surface area contributed by atoms with Crippen molar-refractivity contribution in [2.24, 2.45) is 0 Å². The monoisotopic (exact) mass is 307 g/mol. The van der Waals surface area contributed by atoms with Crippen LogP contribution in [0, 0.1) is 13.8 Å². The van der Waals surface area contributed by atoms with Gasteiger partial charge in [0, 0.05) is 0 Å². The Morgan fingerprint density at radius 3 is 2.33 bits per heavy atom. The zero-order valence-corrected chi connectivity index (χ0v) is 11.4. The molecule has 1 aromatic carbocycles. The molecule has 0 radical (unpaired) electrons. The Morgan fingerprint density at radius 2 is 1.89 bits per heavy atom. The number of aryl methyl sites for hydroxylation is 2. The molecule has 0 heterocycles. The van der Waals surface area contributed by atoms with Crippen LogP contribution in [0.2, 0.25) is 0 Å². The van der Waals surface area contributed by atoms with E-state index in [1.165, 1.54) is 11.1 Å². The van der Waals surface area contributed by atoms with E-state index in [0.717, 1.165) is 26.1 Å². The van der Waals surface area contributed by atoms with Gasteiger partial charge in [0.05, 0.1) is 0 Å². The first-order valence-corrected chi connectivity index (χ1v) is 5.84. The van der Waals surface area contributed by atoms with Crippen molar-refractivity contribution in [3.05, 3.63) is 29.3 Å². The summed E-state index contributed by atoms with van der Waals surface area (Å²) in [4.78, 5) is 0. The fourth-order valence-electron chi connectivity index (χ4n) is 0.846. The second-order valence-corrected chi connectivity index (χ2v) is 5.39. The first-order chi connectivity index (χ1) is 4.20. The number of rotatable bonds is 0. The average Bonchev–Trinajstić information content (AvgIpc) is 1.80. The Bertz CT molecular complexity index is 216. The first kappa shape index (κ1) is 7.26. The van der Waals surface area contributed by atoms with Gasteiger partial charge in [-0.2, -0.15) is 0 Å². The molecule has 0 aliphatic rings. The third-order valence-electron chi connectivity index (χ3n) is 1.50. The molecule has 0 aliphatic heterocycles. The number of hydrogen-bond donors (Lipinski definition) is 0. The topological polar surface area (TPSA) is 0 Å². The van der Waals surface area contributed by atoms with Crippen LogP contribution in [0.5, 0.6) is 0 Å². The molecule has 0 fully saturated rings. The van der Waals surface area contributed by atoms with Gasteiger partial charge in [0.2, 0.25) is 0 Å². The first-order valence-electron chi connectivity index (χ1n) is 3.09. The zero-order chi connectivity index (χ0) is 6.85. The molecule has 0 amide bonds. The van der Waals surface area contributed by atoms with Gasteiger partial charge in [-0.1, -0.05) is 0 Å². The van der Waals surface area contributed by atoms with Gasteiger partial charge in [0.25, 0.3) is 0 Å². The van der Waals surface area contributed by atoms with Gasteiger partial charge in [0.15, 0.2) is 0 Å². The number of benzene rings is 1. The third-order valence-corrected chi connectivity index (χ3v) is 4.58. The normalized spacial score (nSPS) is 9.78. The van der Waals surface area contributed by atoms with Crippen LogP contribution in [0.15, 0.2) is 18.2 Å². The van der Waals surface area contributed by atoms with Crippen LogP contribution < -0.4 is 3.07 Å². The van der Waals surface area contributed by atoms with Crippen LogP contribution in [0.3, 0.4) is 0 Å². The molecule has 0 aliphatic carbocycles. The summed E-state index contributed by atoms with van der Waals surface area (Å²) in [7, 11) is 0. The predicted molar refractivity (Wildman–Crippen MR) is 35.5 cm³/mol. The Morgan fingerprint density at radius 1 is 1.22 bits per heavy atom. The van der Waals surface area contributed by atoms with Gasteiger partial charge >= 0.3 is 72.4 Å². The summed E-state index contributed by atoms with van der Waals surface area (Å²) < 4.78 is 1.57. The maximum absolute atomic E-state index is 2.25. The molecule has 0 atom stereocenters. The van der Waals surface area contributed by atoms with E-state index in [-0.39, 0.29) is 0 Å². The maximum atomic E-state index is 2.25. The van der Waals surface area contributed by atoms with E-state index in [1.807, 2.05) is 0 Å². The molecule has 0 nitrogen and oxygen atoms in total. The molecule has 9 heavy (non-hydrogen) atoms. The van der Waals surface area contributed by atoms with Crippen molar-refractivity contribution in [2.75, 3.05) is 0 Å². The van der Waals surface area contributed by atoms with Crippen LogP contribution in [-0.2, 0) is 26.1 Å². The van der Waals surface area contributed by atoms with Gasteiger partial charge in [0.1, 0.15) is 0 Å². The van der Waals surface area contributed by atoms with Crippen LogP contribution in [-0.4, -0.2) is 0 Å². The van der Waals surface area contributed by atoms with Crippen molar-refractivity contribution in [3.63, 3.8) is 0 Å². The number of hydrogen-bond acceptors (Lipinski definition) is 0. The molecule has 0 spiro atoms. The van der Waals surface area contributed by atoms with E-state index < -0.39 is 0 Å². The van der Waals surface area contributed by atoms with E-state index in [1.54, 1.807) is 3.07 Å². The summed E-state index contributed by atoms with van der Waals surface area (Å²) in [5.74, 6) is 0. The van der Waals surface area contributed by atoms with Crippen molar-refractivity contribution in [1.82, 2.24) is 0 Å². The fraction of sp³-hybridized carbons (Fsp3) is 0.250. The molecular formula is C8H9Hg+. The summed E-state index contributed by atoms with van der Waals surface area (Å²) in [6.45, 7) is 4.33. The SMILES string of the molecule is Cc1cc[c]([Hg+])c(C)c1. The van der Waals surface area contributed by atoms with Crippen LogP contribution in [0.25, 0.3) is 0 Å². The minimum atomic E-state index is 0.790. The van der Waals surface area contributed by atoms with Gasteiger partial charge < -0.3 is 0 Å². The summed E-state index contributed by atoms with van der Waals surface area (Å²) in [6.07, 6.45) is 0. The van der Waals surface area contributed by atoms with Gasteiger partial charge in [-0.25, -0.2) is 0 Å². The van der Waals surface area contributed by atoms with Crippen molar-refractivity contribution in [3.8, 4) is 0 Å². The van der Waals surface area contributed by atoms with Crippen molar-refractivity contribution in [1.29, 1.82) is 0 Å². The minimum absolute atomic E-state index is 0.790. The van der Waals surface area contributed by atoms with Crippen LogP contribution >= 0.6 is 0 Å². The second kappa shape index (κ2) is 2.83. The fourth-order valence-corrected chi connectivity index (χ4v) is 1.70. The van der Waals surface area contributed by atoms with E-state index in [2.05, 4.69) is 32.0 Å². The van der Waals surface area contributed by atoms with Crippen molar-refractivity contribution in [2.45, 2.75) is 13.8 Å². The Balaban J connectivity index is 3.17. The molecular weight excluding hydrogens is 297 g/mol. The molecule has 0 bridgehead atoms. The molecule has 0 aromatic heterocycles. The zero-order valence-electron chi connectivity index (χ0n) is 5.94. The average molecular weight is 306 g/mol. The van der Waals surface area contributed by atoms with Gasteiger partial charge in [-0.05, 0) is 0 Å². The molecule has 0 saturated heterocycles.